The number of H-pyrrole nitrogens is 1. The first kappa shape index (κ1) is 8.26. The highest BCUT2D eigenvalue weighted by atomic mass is 14.8. The largest absolute Gasteiger partial charge is 0.360 e. The SMILES string of the molecule is CC(C)(N)c1cnc2cc[nH]c2c1. The summed E-state index contributed by atoms with van der Waals surface area (Å²) in [4.78, 5) is 7.41. The van der Waals surface area contributed by atoms with Crippen LogP contribution in [0.25, 0.3) is 11.0 Å². The normalized spacial score (nSPS) is 12.2. The van der Waals surface area contributed by atoms with Gasteiger partial charge in [-0.25, -0.2) is 0 Å². The first-order valence-corrected chi connectivity index (χ1v) is 4.30. The number of nitrogens with two attached hydrogens (primary N) is 1. The van der Waals surface area contributed by atoms with Crippen LogP contribution in [0.4, 0.5) is 0 Å². The second-order valence-electron chi connectivity index (χ2n) is 3.86. The summed E-state index contributed by atoms with van der Waals surface area (Å²) in [5.74, 6) is 0. The van der Waals surface area contributed by atoms with Gasteiger partial charge in [0.2, 0.25) is 0 Å². The van der Waals surface area contributed by atoms with Crippen LogP contribution in [-0.2, 0) is 5.54 Å². The van der Waals surface area contributed by atoms with E-state index < -0.39 is 0 Å². The van der Waals surface area contributed by atoms with Gasteiger partial charge in [0.15, 0.2) is 0 Å². The Balaban J connectivity index is 2.61. The predicted molar refractivity (Wildman–Crippen MR) is 53.3 cm³/mol. The Morgan fingerprint density at radius 2 is 2.23 bits per heavy atom. The number of rotatable bonds is 1. The zero-order valence-electron chi connectivity index (χ0n) is 7.83. The van der Waals surface area contributed by atoms with Crippen LogP contribution in [0.2, 0.25) is 0 Å². The number of aromatic amines is 1. The summed E-state index contributed by atoms with van der Waals surface area (Å²) in [6.45, 7) is 3.94. The number of pyridine rings is 1. The van der Waals surface area contributed by atoms with E-state index in [1.54, 1.807) is 0 Å². The van der Waals surface area contributed by atoms with Crippen molar-refractivity contribution in [2.24, 2.45) is 5.73 Å². The molecule has 3 nitrogen and oxygen atoms in total. The van der Waals surface area contributed by atoms with Crippen LogP contribution in [0, 0.1) is 0 Å². The number of hydrogen-bond acceptors (Lipinski definition) is 2. The van der Waals surface area contributed by atoms with E-state index in [4.69, 9.17) is 5.73 Å². The fourth-order valence-corrected chi connectivity index (χ4v) is 1.29. The molecule has 13 heavy (non-hydrogen) atoms. The number of nitrogens with zero attached hydrogens (tertiary/aromatic N) is 1. The van der Waals surface area contributed by atoms with Crippen molar-refractivity contribution in [1.29, 1.82) is 0 Å². The minimum Gasteiger partial charge on any atom is -0.360 e. The van der Waals surface area contributed by atoms with Gasteiger partial charge < -0.3 is 10.7 Å². The van der Waals surface area contributed by atoms with E-state index in [1.165, 1.54) is 0 Å². The maximum Gasteiger partial charge on any atom is 0.0878 e. The Labute approximate surface area is 77.0 Å². The molecular formula is C10H13N3. The molecule has 2 rings (SSSR count). The predicted octanol–water partition coefficient (Wildman–Crippen LogP) is 1.76. The van der Waals surface area contributed by atoms with Crippen LogP contribution in [0.3, 0.4) is 0 Å². The van der Waals surface area contributed by atoms with Gasteiger partial charge in [-0.1, -0.05) is 0 Å². The highest BCUT2D eigenvalue weighted by molar-refractivity contribution is 5.75. The van der Waals surface area contributed by atoms with Crippen LogP contribution in [0.15, 0.2) is 24.5 Å². The van der Waals surface area contributed by atoms with Crippen molar-refractivity contribution in [3.05, 3.63) is 30.1 Å². The van der Waals surface area contributed by atoms with Gasteiger partial charge in [-0.05, 0) is 31.5 Å². The van der Waals surface area contributed by atoms with Gasteiger partial charge in [-0.2, -0.15) is 0 Å². The van der Waals surface area contributed by atoms with E-state index in [9.17, 15) is 0 Å². The summed E-state index contributed by atoms with van der Waals surface area (Å²) in [7, 11) is 0. The summed E-state index contributed by atoms with van der Waals surface area (Å²) in [6.07, 6.45) is 3.71. The van der Waals surface area contributed by atoms with Gasteiger partial charge in [0.25, 0.3) is 0 Å². The molecule has 0 aromatic carbocycles. The average Bonchev–Trinajstić information content (AvgIpc) is 2.47. The molecule has 2 aromatic rings. The van der Waals surface area contributed by atoms with Crippen LogP contribution >= 0.6 is 0 Å². The molecule has 0 bridgehead atoms. The third kappa shape index (κ3) is 1.42. The zero-order valence-corrected chi connectivity index (χ0v) is 7.83. The van der Waals surface area contributed by atoms with E-state index in [1.807, 2.05) is 38.4 Å². The Bertz CT molecular complexity index is 423. The molecule has 0 saturated heterocycles. The van der Waals surface area contributed by atoms with E-state index in [2.05, 4.69) is 9.97 Å². The molecule has 0 aliphatic rings. The van der Waals surface area contributed by atoms with E-state index in [-0.39, 0.29) is 5.54 Å². The van der Waals surface area contributed by atoms with Gasteiger partial charge in [0.1, 0.15) is 0 Å². The molecule has 68 valence electrons. The maximum atomic E-state index is 5.96. The molecule has 2 aromatic heterocycles. The van der Waals surface area contributed by atoms with Gasteiger partial charge in [-0.15, -0.1) is 0 Å². The van der Waals surface area contributed by atoms with Gasteiger partial charge >= 0.3 is 0 Å². The lowest BCUT2D eigenvalue weighted by Crippen LogP contribution is -2.28. The molecule has 3 N–H and O–H groups in total. The number of nitrogens with one attached hydrogen (secondary N) is 1. The standard InChI is InChI=1S/C10H13N3/c1-10(2,11)7-5-9-8(13-6-7)3-4-12-9/h3-6,12H,11H2,1-2H3. The van der Waals surface area contributed by atoms with E-state index >= 15 is 0 Å². The lowest BCUT2D eigenvalue weighted by atomic mass is 9.97. The summed E-state index contributed by atoms with van der Waals surface area (Å²) in [5.41, 5.74) is 8.70. The van der Waals surface area contributed by atoms with Crippen molar-refractivity contribution < 1.29 is 0 Å². The Kier molecular flexibility index (Phi) is 1.63. The summed E-state index contributed by atoms with van der Waals surface area (Å²) in [6, 6.07) is 3.99. The smallest absolute Gasteiger partial charge is 0.0878 e. The Morgan fingerprint density at radius 3 is 2.92 bits per heavy atom. The molecule has 3 heteroatoms. The van der Waals surface area contributed by atoms with Gasteiger partial charge in [-0.3, -0.25) is 4.98 Å². The van der Waals surface area contributed by atoms with Crippen molar-refractivity contribution in [3.8, 4) is 0 Å². The highest BCUT2D eigenvalue weighted by Crippen LogP contribution is 2.19. The second kappa shape index (κ2) is 2.57. The summed E-state index contributed by atoms with van der Waals surface area (Å²) >= 11 is 0. The van der Waals surface area contributed by atoms with Crippen molar-refractivity contribution >= 4 is 11.0 Å². The summed E-state index contributed by atoms with van der Waals surface area (Å²) < 4.78 is 0. The molecular weight excluding hydrogens is 162 g/mol. The van der Waals surface area contributed by atoms with Crippen LogP contribution in [0.5, 0.6) is 0 Å². The number of hydrogen-bond donors (Lipinski definition) is 2. The van der Waals surface area contributed by atoms with E-state index in [0.29, 0.717) is 0 Å². The number of fused-ring (bicyclic) bond motifs is 1. The first-order valence-electron chi connectivity index (χ1n) is 4.30. The maximum absolute atomic E-state index is 5.96. The van der Waals surface area contributed by atoms with Gasteiger partial charge in [0.05, 0.1) is 11.0 Å². The average molecular weight is 175 g/mol. The van der Waals surface area contributed by atoms with Crippen LogP contribution < -0.4 is 5.73 Å². The molecule has 0 amide bonds. The zero-order chi connectivity index (χ0) is 9.47. The molecule has 0 atom stereocenters. The molecule has 0 fully saturated rings. The minimum absolute atomic E-state index is 0.327. The summed E-state index contributed by atoms with van der Waals surface area (Å²) in [5, 5.41) is 0. The van der Waals surface area contributed by atoms with Gasteiger partial charge in [0, 0.05) is 17.9 Å². The minimum atomic E-state index is -0.327. The van der Waals surface area contributed by atoms with Crippen molar-refractivity contribution in [2.45, 2.75) is 19.4 Å². The third-order valence-corrected chi connectivity index (χ3v) is 2.14. The lowest BCUT2D eigenvalue weighted by molar-refractivity contribution is 0.553. The molecule has 0 radical (unpaired) electrons. The molecule has 0 aliphatic heterocycles. The fourth-order valence-electron chi connectivity index (χ4n) is 1.29. The quantitative estimate of drug-likeness (QED) is 0.693. The van der Waals surface area contributed by atoms with Crippen molar-refractivity contribution in [2.75, 3.05) is 0 Å². The molecule has 0 unspecified atom stereocenters. The topological polar surface area (TPSA) is 54.7 Å². The second-order valence-corrected chi connectivity index (χ2v) is 3.86. The fraction of sp³-hybridized carbons (Fsp3) is 0.300. The van der Waals surface area contributed by atoms with Crippen molar-refractivity contribution in [1.82, 2.24) is 9.97 Å². The van der Waals surface area contributed by atoms with Crippen LogP contribution in [0.1, 0.15) is 19.4 Å². The molecule has 0 saturated carbocycles. The third-order valence-electron chi connectivity index (χ3n) is 2.14. The molecule has 0 spiro atoms. The molecule has 2 heterocycles. The first-order chi connectivity index (χ1) is 6.07. The molecule has 0 aliphatic carbocycles. The Morgan fingerprint density at radius 1 is 1.46 bits per heavy atom. The van der Waals surface area contributed by atoms with E-state index in [0.717, 1.165) is 16.6 Å². The highest BCUT2D eigenvalue weighted by Gasteiger charge is 2.14. The number of aromatic nitrogens is 2. The lowest BCUT2D eigenvalue weighted by Gasteiger charge is -2.18. The Hall–Kier alpha value is -1.35. The monoisotopic (exact) mass is 175 g/mol. The van der Waals surface area contributed by atoms with Crippen molar-refractivity contribution in [3.63, 3.8) is 0 Å². The van der Waals surface area contributed by atoms with Crippen LogP contribution in [-0.4, -0.2) is 9.97 Å².